The first kappa shape index (κ1) is 12.9. The standard InChI is InChI=1S/C14H21NO/c1-4-15(5-2)14(11-12(3)16)13-9-7-6-8-10-13/h6-10,14H,4-5,11H2,1-3H3. The van der Waals surface area contributed by atoms with E-state index >= 15 is 0 Å². The number of carbonyl (C=O) groups excluding carboxylic acids is 1. The van der Waals surface area contributed by atoms with E-state index in [0.717, 1.165) is 13.1 Å². The van der Waals surface area contributed by atoms with Crippen molar-refractivity contribution in [1.82, 2.24) is 4.90 Å². The van der Waals surface area contributed by atoms with E-state index in [1.807, 2.05) is 18.2 Å². The molecule has 0 N–H and O–H groups in total. The number of Topliss-reactive ketones (excluding diaryl/α,β-unsaturated/α-hetero) is 1. The first-order valence-corrected chi connectivity index (χ1v) is 5.97. The summed E-state index contributed by atoms with van der Waals surface area (Å²) in [4.78, 5) is 13.7. The van der Waals surface area contributed by atoms with Crippen LogP contribution in [0.3, 0.4) is 0 Å². The minimum atomic E-state index is 0.230. The van der Waals surface area contributed by atoms with Crippen LogP contribution in [0.25, 0.3) is 0 Å². The largest absolute Gasteiger partial charge is 0.300 e. The quantitative estimate of drug-likeness (QED) is 0.733. The zero-order valence-electron chi connectivity index (χ0n) is 10.4. The van der Waals surface area contributed by atoms with Crippen LogP contribution in [0.2, 0.25) is 0 Å². The SMILES string of the molecule is CCN(CC)C(CC(C)=O)c1ccccc1. The normalized spacial score (nSPS) is 12.8. The molecule has 0 spiro atoms. The summed E-state index contributed by atoms with van der Waals surface area (Å²) in [6.07, 6.45) is 0.603. The minimum absolute atomic E-state index is 0.230. The maximum absolute atomic E-state index is 11.3. The number of benzene rings is 1. The van der Waals surface area contributed by atoms with Gasteiger partial charge in [0.15, 0.2) is 0 Å². The van der Waals surface area contributed by atoms with E-state index < -0.39 is 0 Å². The molecule has 2 nitrogen and oxygen atoms in total. The molecule has 0 bridgehead atoms. The van der Waals surface area contributed by atoms with Crippen molar-refractivity contribution < 1.29 is 4.79 Å². The summed E-state index contributed by atoms with van der Waals surface area (Å²) >= 11 is 0. The van der Waals surface area contributed by atoms with Crippen LogP contribution in [0.1, 0.15) is 38.8 Å². The van der Waals surface area contributed by atoms with Gasteiger partial charge in [-0.25, -0.2) is 0 Å². The second-order valence-corrected chi connectivity index (χ2v) is 4.05. The van der Waals surface area contributed by atoms with Gasteiger partial charge in [-0.15, -0.1) is 0 Å². The lowest BCUT2D eigenvalue weighted by Crippen LogP contribution is -2.29. The molecular formula is C14H21NO. The van der Waals surface area contributed by atoms with Gasteiger partial charge in [-0.1, -0.05) is 44.2 Å². The van der Waals surface area contributed by atoms with Gasteiger partial charge in [0.2, 0.25) is 0 Å². The Kier molecular flexibility index (Phi) is 5.20. The van der Waals surface area contributed by atoms with Crippen LogP contribution in [-0.4, -0.2) is 23.8 Å². The molecule has 1 aromatic rings. The van der Waals surface area contributed by atoms with E-state index in [2.05, 4.69) is 30.9 Å². The van der Waals surface area contributed by atoms with Crippen LogP contribution in [0.4, 0.5) is 0 Å². The van der Waals surface area contributed by atoms with E-state index in [9.17, 15) is 4.79 Å². The molecule has 1 rings (SSSR count). The Balaban J connectivity index is 2.90. The fraction of sp³-hybridized carbons (Fsp3) is 0.500. The summed E-state index contributed by atoms with van der Waals surface area (Å²) in [6.45, 7) is 7.89. The van der Waals surface area contributed by atoms with Crippen LogP contribution in [0.5, 0.6) is 0 Å². The third-order valence-electron chi connectivity index (χ3n) is 2.92. The van der Waals surface area contributed by atoms with Gasteiger partial charge in [0.05, 0.1) is 0 Å². The molecule has 0 fully saturated rings. The lowest BCUT2D eigenvalue weighted by atomic mass is 10.00. The highest BCUT2D eigenvalue weighted by molar-refractivity contribution is 5.76. The summed E-state index contributed by atoms with van der Waals surface area (Å²) in [5.74, 6) is 0.251. The lowest BCUT2D eigenvalue weighted by molar-refractivity contribution is -0.118. The molecule has 1 aromatic carbocycles. The molecule has 1 unspecified atom stereocenters. The Morgan fingerprint density at radius 1 is 1.19 bits per heavy atom. The van der Waals surface area contributed by atoms with Gasteiger partial charge in [0.1, 0.15) is 5.78 Å². The molecule has 0 radical (unpaired) electrons. The van der Waals surface area contributed by atoms with Gasteiger partial charge in [-0.2, -0.15) is 0 Å². The lowest BCUT2D eigenvalue weighted by Gasteiger charge is -2.29. The molecule has 0 aliphatic carbocycles. The summed E-state index contributed by atoms with van der Waals surface area (Å²) in [5, 5.41) is 0. The van der Waals surface area contributed by atoms with Gasteiger partial charge in [-0.3, -0.25) is 9.69 Å². The van der Waals surface area contributed by atoms with E-state index in [-0.39, 0.29) is 11.8 Å². The highest BCUT2D eigenvalue weighted by Crippen LogP contribution is 2.23. The van der Waals surface area contributed by atoms with Crippen LogP contribution in [0.15, 0.2) is 30.3 Å². The number of hydrogen-bond acceptors (Lipinski definition) is 2. The molecule has 0 amide bonds. The highest BCUT2D eigenvalue weighted by atomic mass is 16.1. The molecule has 0 aromatic heterocycles. The molecule has 0 aliphatic heterocycles. The Hall–Kier alpha value is -1.15. The smallest absolute Gasteiger partial charge is 0.131 e. The third kappa shape index (κ3) is 3.46. The first-order valence-electron chi connectivity index (χ1n) is 5.97. The van der Waals surface area contributed by atoms with Crippen molar-refractivity contribution >= 4 is 5.78 Å². The van der Waals surface area contributed by atoms with Crippen molar-refractivity contribution in [3.63, 3.8) is 0 Å². The fourth-order valence-electron chi connectivity index (χ4n) is 2.07. The van der Waals surface area contributed by atoms with Crippen molar-refractivity contribution in [2.24, 2.45) is 0 Å². The Morgan fingerprint density at radius 2 is 1.75 bits per heavy atom. The Morgan fingerprint density at radius 3 is 2.19 bits per heavy atom. The molecule has 0 saturated carbocycles. The monoisotopic (exact) mass is 219 g/mol. The number of nitrogens with zero attached hydrogens (tertiary/aromatic N) is 1. The summed E-state index contributed by atoms with van der Waals surface area (Å²) in [7, 11) is 0. The molecule has 0 aliphatic rings. The highest BCUT2D eigenvalue weighted by Gasteiger charge is 2.18. The van der Waals surface area contributed by atoms with Crippen molar-refractivity contribution in [3.05, 3.63) is 35.9 Å². The van der Waals surface area contributed by atoms with Crippen LogP contribution < -0.4 is 0 Å². The van der Waals surface area contributed by atoms with E-state index in [1.165, 1.54) is 5.56 Å². The fourth-order valence-corrected chi connectivity index (χ4v) is 2.07. The number of carbonyl (C=O) groups is 1. The van der Waals surface area contributed by atoms with Crippen molar-refractivity contribution in [1.29, 1.82) is 0 Å². The van der Waals surface area contributed by atoms with Crippen molar-refractivity contribution in [2.45, 2.75) is 33.2 Å². The van der Waals surface area contributed by atoms with E-state index in [0.29, 0.717) is 6.42 Å². The summed E-state index contributed by atoms with van der Waals surface area (Å²) in [5.41, 5.74) is 1.24. The third-order valence-corrected chi connectivity index (χ3v) is 2.92. The van der Waals surface area contributed by atoms with Crippen molar-refractivity contribution in [3.8, 4) is 0 Å². The molecule has 0 heterocycles. The van der Waals surface area contributed by atoms with E-state index in [4.69, 9.17) is 0 Å². The Bertz CT molecular complexity index is 317. The minimum Gasteiger partial charge on any atom is -0.300 e. The number of rotatable bonds is 6. The molecular weight excluding hydrogens is 198 g/mol. The zero-order valence-corrected chi connectivity index (χ0v) is 10.4. The van der Waals surface area contributed by atoms with Crippen LogP contribution in [0, 0.1) is 0 Å². The average molecular weight is 219 g/mol. The average Bonchev–Trinajstić information content (AvgIpc) is 2.30. The van der Waals surface area contributed by atoms with Crippen LogP contribution >= 0.6 is 0 Å². The maximum Gasteiger partial charge on any atom is 0.131 e. The number of hydrogen-bond donors (Lipinski definition) is 0. The summed E-state index contributed by atoms with van der Waals surface area (Å²) in [6, 6.07) is 10.5. The van der Waals surface area contributed by atoms with Gasteiger partial charge < -0.3 is 0 Å². The number of ketones is 1. The van der Waals surface area contributed by atoms with E-state index in [1.54, 1.807) is 6.92 Å². The second-order valence-electron chi connectivity index (χ2n) is 4.05. The second kappa shape index (κ2) is 6.44. The van der Waals surface area contributed by atoms with Crippen LogP contribution in [-0.2, 0) is 4.79 Å². The van der Waals surface area contributed by atoms with Gasteiger partial charge in [0.25, 0.3) is 0 Å². The van der Waals surface area contributed by atoms with Crippen molar-refractivity contribution in [2.75, 3.05) is 13.1 Å². The molecule has 16 heavy (non-hydrogen) atoms. The maximum atomic E-state index is 11.3. The predicted molar refractivity (Wildman–Crippen MR) is 67.4 cm³/mol. The molecule has 88 valence electrons. The topological polar surface area (TPSA) is 20.3 Å². The predicted octanol–water partition coefficient (Wildman–Crippen LogP) is 3.05. The first-order chi connectivity index (χ1) is 7.69. The summed E-state index contributed by atoms with van der Waals surface area (Å²) < 4.78 is 0. The molecule has 0 saturated heterocycles. The zero-order chi connectivity index (χ0) is 12.0. The molecule has 2 heteroatoms. The van der Waals surface area contributed by atoms with Gasteiger partial charge >= 0.3 is 0 Å². The van der Waals surface area contributed by atoms with Gasteiger partial charge in [-0.05, 0) is 25.6 Å². The molecule has 1 atom stereocenters. The van der Waals surface area contributed by atoms with Gasteiger partial charge in [0, 0.05) is 12.5 Å². The Labute approximate surface area is 98.3 Å².